The van der Waals surface area contributed by atoms with E-state index in [1.54, 1.807) is 11.8 Å². The van der Waals surface area contributed by atoms with E-state index in [-0.39, 0.29) is 18.0 Å². The number of amides is 1. The molecule has 0 fully saturated rings. The summed E-state index contributed by atoms with van der Waals surface area (Å²) in [5, 5.41) is 3.84. The second-order valence-corrected chi connectivity index (χ2v) is 6.17. The van der Waals surface area contributed by atoms with Crippen molar-refractivity contribution in [1.29, 1.82) is 0 Å². The van der Waals surface area contributed by atoms with Gasteiger partial charge in [0, 0.05) is 16.3 Å². The van der Waals surface area contributed by atoms with Crippen molar-refractivity contribution in [2.45, 2.75) is 23.0 Å². The van der Waals surface area contributed by atoms with Crippen LogP contribution in [-0.4, -0.2) is 23.3 Å². The number of fused-ring (bicyclic) bond motifs is 2. The second kappa shape index (κ2) is 5.01. The number of thioether (sulfide) groups is 1. The summed E-state index contributed by atoms with van der Waals surface area (Å²) in [5.41, 5.74) is 0.823. The Hall–Kier alpha value is -0.880. The minimum absolute atomic E-state index is 0.0181. The fourth-order valence-electron chi connectivity index (χ4n) is 1.99. The zero-order valence-electron chi connectivity index (χ0n) is 9.57. The van der Waals surface area contributed by atoms with Crippen LogP contribution >= 0.6 is 27.7 Å². The summed E-state index contributed by atoms with van der Waals surface area (Å²) in [6, 6.07) is 3.78. The van der Waals surface area contributed by atoms with Crippen molar-refractivity contribution < 1.29 is 14.3 Å². The Labute approximate surface area is 118 Å². The molecule has 4 nitrogen and oxygen atoms in total. The Morgan fingerprint density at radius 1 is 1.39 bits per heavy atom. The van der Waals surface area contributed by atoms with Gasteiger partial charge in [-0.1, -0.05) is 15.9 Å². The highest BCUT2D eigenvalue weighted by atomic mass is 79.9. The molecule has 0 aliphatic carbocycles. The lowest BCUT2D eigenvalue weighted by atomic mass is 10.2. The van der Waals surface area contributed by atoms with Crippen molar-refractivity contribution in [3.63, 3.8) is 0 Å². The fraction of sp³-hybridized carbons (Fsp3) is 0.417. The molecule has 2 heterocycles. The Morgan fingerprint density at radius 3 is 2.94 bits per heavy atom. The lowest BCUT2D eigenvalue weighted by molar-refractivity contribution is -0.115. The van der Waals surface area contributed by atoms with Crippen LogP contribution in [0.5, 0.6) is 11.5 Å². The zero-order chi connectivity index (χ0) is 12.5. The molecular formula is C12H12BrNO3S. The van der Waals surface area contributed by atoms with E-state index in [4.69, 9.17) is 9.47 Å². The van der Waals surface area contributed by atoms with Gasteiger partial charge in [-0.2, -0.15) is 0 Å². The molecule has 0 bridgehead atoms. The van der Waals surface area contributed by atoms with Crippen molar-refractivity contribution in [2.75, 3.05) is 17.4 Å². The largest absolute Gasteiger partial charge is 0.454 e. The minimum Gasteiger partial charge on any atom is -0.454 e. The number of halogens is 1. The van der Waals surface area contributed by atoms with E-state index in [2.05, 4.69) is 21.2 Å². The summed E-state index contributed by atoms with van der Waals surface area (Å²) in [5.74, 6) is 1.54. The third-order valence-electron chi connectivity index (χ3n) is 2.89. The molecule has 1 aromatic rings. The summed E-state index contributed by atoms with van der Waals surface area (Å²) >= 11 is 4.99. The first-order valence-corrected chi connectivity index (χ1v) is 7.75. The number of benzene rings is 1. The number of alkyl halides is 1. The normalized spacial score (nSPS) is 20.5. The molecule has 1 amide bonds. The first-order chi connectivity index (χ1) is 8.78. The summed E-state index contributed by atoms with van der Waals surface area (Å²) in [4.78, 5) is 13.0. The summed E-state index contributed by atoms with van der Waals surface area (Å²) in [6.07, 6.45) is 1.86. The van der Waals surface area contributed by atoms with Crippen LogP contribution < -0.4 is 14.8 Å². The molecule has 1 atom stereocenters. The monoisotopic (exact) mass is 329 g/mol. The van der Waals surface area contributed by atoms with Gasteiger partial charge >= 0.3 is 0 Å². The first kappa shape index (κ1) is 12.2. The average molecular weight is 330 g/mol. The van der Waals surface area contributed by atoms with Crippen LogP contribution in [0.1, 0.15) is 12.8 Å². The van der Waals surface area contributed by atoms with Crippen molar-refractivity contribution in [3.05, 3.63) is 12.1 Å². The summed E-state index contributed by atoms with van der Waals surface area (Å²) < 4.78 is 10.7. The van der Waals surface area contributed by atoms with Crippen LogP contribution in [0.2, 0.25) is 0 Å². The first-order valence-electron chi connectivity index (χ1n) is 5.75. The zero-order valence-corrected chi connectivity index (χ0v) is 12.0. The Morgan fingerprint density at radius 2 is 2.17 bits per heavy atom. The van der Waals surface area contributed by atoms with Gasteiger partial charge in [-0.3, -0.25) is 4.79 Å². The van der Waals surface area contributed by atoms with E-state index < -0.39 is 0 Å². The Bertz CT molecular complexity index is 494. The molecule has 0 spiro atoms. The fourth-order valence-corrected chi connectivity index (χ4v) is 3.48. The predicted molar refractivity (Wildman–Crippen MR) is 73.9 cm³/mol. The maximum Gasteiger partial charge on any atom is 0.237 e. The van der Waals surface area contributed by atoms with Crippen LogP contribution in [0.3, 0.4) is 0 Å². The molecule has 0 radical (unpaired) electrons. The quantitative estimate of drug-likeness (QED) is 0.866. The molecule has 2 aliphatic heterocycles. The molecule has 1 unspecified atom stereocenters. The van der Waals surface area contributed by atoms with Gasteiger partial charge in [0.25, 0.3) is 0 Å². The molecule has 96 valence electrons. The van der Waals surface area contributed by atoms with Crippen molar-refractivity contribution >= 4 is 39.3 Å². The van der Waals surface area contributed by atoms with E-state index >= 15 is 0 Å². The van der Waals surface area contributed by atoms with E-state index in [0.717, 1.165) is 34.5 Å². The van der Waals surface area contributed by atoms with Gasteiger partial charge in [-0.15, -0.1) is 11.8 Å². The van der Waals surface area contributed by atoms with Crippen LogP contribution in [-0.2, 0) is 4.79 Å². The molecule has 0 aromatic heterocycles. The van der Waals surface area contributed by atoms with Crippen molar-refractivity contribution in [1.82, 2.24) is 0 Å². The smallest absolute Gasteiger partial charge is 0.237 e. The molecule has 18 heavy (non-hydrogen) atoms. The lowest BCUT2D eigenvalue weighted by Gasteiger charge is -2.24. The maximum absolute atomic E-state index is 11.9. The van der Waals surface area contributed by atoms with Crippen molar-refractivity contribution in [3.8, 4) is 11.5 Å². The highest BCUT2D eigenvalue weighted by Gasteiger charge is 2.29. The molecular weight excluding hydrogens is 318 g/mol. The lowest BCUT2D eigenvalue weighted by Crippen LogP contribution is -2.29. The third-order valence-corrected chi connectivity index (χ3v) is 4.78. The summed E-state index contributed by atoms with van der Waals surface area (Å²) in [7, 11) is 0. The molecule has 2 aliphatic rings. The Balaban J connectivity index is 1.85. The average Bonchev–Trinajstić information content (AvgIpc) is 2.80. The topological polar surface area (TPSA) is 47.6 Å². The van der Waals surface area contributed by atoms with Gasteiger partial charge in [0.15, 0.2) is 11.5 Å². The molecule has 1 aromatic carbocycles. The number of rotatable bonds is 3. The molecule has 0 saturated carbocycles. The highest BCUT2D eigenvalue weighted by molar-refractivity contribution is 9.09. The number of anilines is 1. The minimum atomic E-state index is -0.0181. The van der Waals surface area contributed by atoms with Gasteiger partial charge in [0.2, 0.25) is 12.7 Å². The van der Waals surface area contributed by atoms with Gasteiger partial charge in [0.05, 0.1) is 10.9 Å². The predicted octanol–water partition coefficient (Wildman–Crippen LogP) is 3.00. The third kappa shape index (κ3) is 2.19. The van der Waals surface area contributed by atoms with Crippen LogP contribution in [0.15, 0.2) is 17.0 Å². The SMILES string of the molecule is O=C1Nc2cc3c(cc2SC1CCCBr)OCO3. The highest BCUT2D eigenvalue weighted by Crippen LogP contribution is 2.45. The summed E-state index contributed by atoms with van der Waals surface area (Å²) in [6.45, 7) is 0.254. The molecule has 1 N–H and O–H groups in total. The number of ether oxygens (including phenoxy) is 2. The van der Waals surface area contributed by atoms with Gasteiger partial charge in [0.1, 0.15) is 0 Å². The van der Waals surface area contributed by atoms with Gasteiger partial charge in [-0.05, 0) is 18.9 Å². The van der Waals surface area contributed by atoms with Crippen LogP contribution in [0.4, 0.5) is 5.69 Å². The molecule has 6 heteroatoms. The van der Waals surface area contributed by atoms with Crippen LogP contribution in [0, 0.1) is 0 Å². The number of nitrogens with one attached hydrogen (secondary N) is 1. The molecule has 3 rings (SSSR count). The molecule has 0 saturated heterocycles. The van der Waals surface area contributed by atoms with Gasteiger partial charge < -0.3 is 14.8 Å². The van der Waals surface area contributed by atoms with Crippen LogP contribution in [0.25, 0.3) is 0 Å². The number of hydrogen-bond acceptors (Lipinski definition) is 4. The Kier molecular flexibility index (Phi) is 3.39. The second-order valence-electron chi connectivity index (χ2n) is 4.13. The van der Waals surface area contributed by atoms with E-state index in [1.807, 2.05) is 12.1 Å². The van der Waals surface area contributed by atoms with Gasteiger partial charge in [-0.25, -0.2) is 0 Å². The number of carbonyl (C=O) groups excluding carboxylic acids is 1. The van der Waals surface area contributed by atoms with E-state index in [9.17, 15) is 4.79 Å². The van der Waals surface area contributed by atoms with E-state index in [0.29, 0.717) is 5.75 Å². The number of hydrogen-bond donors (Lipinski definition) is 1. The van der Waals surface area contributed by atoms with Crippen molar-refractivity contribution in [2.24, 2.45) is 0 Å². The van der Waals surface area contributed by atoms with E-state index in [1.165, 1.54) is 0 Å². The maximum atomic E-state index is 11.9. The number of carbonyl (C=O) groups is 1. The standard InChI is InChI=1S/C12H12BrNO3S/c13-3-1-2-10-12(15)14-7-4-8-9(17-6-16-8)5-11(7)18-10/h4-5,10H,1-3,6H2,(H,14,15).